The van der Waals surface area contributed by atoms with E-state index in [1.165, 1.54) is 0 Å². The third-order valence-corrected chi connectivity index (χ3v) is 8.96. The Bertz CT molecular complexity index is 1510. The molecule has 6 rings (SSSR count). The molecule has 6 nitrogen and oxygen atoms in total. The molecule has 0 amide bonds. The van der Waals surface area contributed by atoms with Gasteiger partial charge in [-0.05, 0) is 0 Å². The molecule has 244 valence electrons. The van der Waals surface area contributed by atoms with Crippen molar-refractivity contribution in [3.63, 3.8) is 0 Å². The summed E-state index contributed by atoms with van der Waals surface area (Å²) in [6.07, 6.45) is 0. The van der Waals surface area contributed by atoms with E-state index in [0.717, 1.165) is 47.6 Å². The van der Waals surface area contributed by atoms with Gasteiger partial charge in [0.15, 0.2) is 0 Å². The molecule has 0 N–H and O–H groups in total. The molecule has 0 bridgehead atoms. The first-order valence-corrected chi connectivity index (χ1v) is 16.8. The Hall–Kier alpha value is -5.11. The average molecular weight is 685 g/mol. The molecule has 0 fully saturated rings. The number of carbonyl (C=O) groups excluding carboxylic acids is 2. The second-order valence-electron chi connectivity index (χ2n) is 10.6. The first-order chi connectivity index (χ1) is 24.2. The summed E-state index contributed by atoms with van der Waals surface area (Å²) < 4.78 is 12.2. The fourth-order valence-electron chi connectivity index (χ4n) is 6.09. The molecule has 0 saturated carbocycles. The SMILES string of the molecule is C[O-].C[O-].O=C([O][Ti+2][O]C(=O)C(c1ccccc1)(c1ccccc1)c1ccccc1)C(c1ccccc1)(c1ccccc1)c1ccccc1. The molecule has 0 heterocycles. The van der Waals surface area contributed by atoms with Crippen LogP contribution in [0.3, 0.4) is 0 Å². The standard InChI is InChI=1S/2C20H16O2.2CH3O.Ti/c2*21-19(22)20(16-10-4-1-5-11-16,17-12-6-2-7-13-17)18-14-8-3-9-15-18;2*1-2;/h2*1-15H,(H,21,22);2*1H3;/q;;2*-1;+4/p-2. The van der Waals surface area contributed by atoms with Gasteiger partial charge in [0.25, 0.3) is 0 Å². The third kappa shape index (κ3) is 7.64. The molecule has 0 aliphatic rings. The Morgan fingerprint density at radius 3 is 0.694 bits per heavy atom. The predicted molar refractivity (Wildman–Crippen MR) is 182 cm³/mol. The van der Waals surface area contributed by atoms with Crippen LogP contribution in [0.15, 0.2) is 182 Å². The topological polar surface area (TPSA) is 98.7 Å². The van der Waals surface area contributed by atoms with E-state index in [-0.39, 0.29) is 0 Å². The fraction of sp³-hybridized carbons (Fsp3) is 0.0952. The Labute approximate surface area is 297 Å². The first-order valence-electron chi connectivity index (χ1n) is 15.5. The fourth-order valence-corrected chi connectivity index (χ4v) is 6.87. The summed E-state index contributed by atoms with van der Waals surface area (Å²) in [5.41, 5.74) is 2.03. The van der Waals surface area contributed by atoms with Crippen LogP contribution in [0.2, 0.25) is 0 Å². The van der Waals surface area contributed by atoms with Gasteiger partial charge in [0.05, 0.1) is 0 Å². The Morgan fingerprint density at radius 2 is 0.531 bits per heavy atom. The summed E-state index contributed by atoms with van der Waals surface area (Å²) in [7, 11) is 1.50. The van der Waals surface area contributed by atoms with Gasteiger partial charge in [-0.25, -0.2) is 0 Å². The van der Waals surface area contributed by atoms with E-state index in [1.54, 1.807) is 0 Å². The van der Waals surface area contributed by atoms with Gasteiger partial charge in [-0.1, -0.05) is 0 Å². The molecule has 6 aromatic rings. The molecule has 7 heteroatoms. The van der Waals surface area contributed by atoms with Crippen molar-refractivity contribution in [3.8, 4) is 0 Å². The van der Waals surface area contributed by atoms with Crippen LogP contribution < -0.4 is 10.2 Å². The van der Waals surface area contributed by atoms with Crippen LogP contribution in [0.25, 0.3) is 0 Å². The van der Waals surface area contributed by atoms with Crippen molar-refractivity contribution >= 4 is 11.9 Å². The molecular formula is C42H36O6Ti. The number of benzene rings is 6. The summed E-state index contributed by atoms with van der Waals surface area (Å²) in [5.74, 6) is -0.993. The quantitative estimate of drug-likeness (QED) is 0.130. The molecule has 49 heavy (non-hydrogen) atoms. The zero-order valence-corrected chi connectivity index (χ0v) is 28.8. The van der Waals surface area contributed by atoms with Crippen LogP contribution in [-0.2, 0) is 47.0 Å². The van der Waals surface area contributed by atoms with Gasteiger partial charge in [0.2, 0.25) is 0 Å². The molecule has 0 aliphatic carbocycles. The molecule has 0 radical (unpaired) electrons. The molecule has 0 unspecified atom stereocenters. The number of hydrogen-bond acceptors (Lipinski definition) is 6. The summed E-state index contributed by atoms with van der Waals surface area (Å²) in [6, 6.07) is 57.6. The number of carbonyl (C=O) groups is 2. The minimum absolute atomic E-state index is 0.497. The molecule has 0 spiro atoms. The van der Waals surface area contributed by atoms with Gasteiger partial charge >= 0.3 is 274 Å². The molecule has 6 aromatic carbocycles. The van der Waals surface area contributed by atoms with Crippen LogP contribution in [0.1, 0.15) is 33.4 Å². The summed E-state index contributed by atoms with van der Waals surface area (Å²) in [4.78, 5) is 29.1. The summed E-state index contributed by atoms with van der Waals surface area (Å²) >= 11 is -2.01. The first kappa shape index (κ1) is 36.7. The van der Waals surface area contributed by atoms with Gasteiger partial charge in [0.1, 0.15) is 0 Å². The van der Waals surface area contributed by atoms with E-state index in [1.807, 2.05) is 182 Å². The summed E-state index contributed by atoms with van der Waals surface area (Å²) in [6.45, 7) is 0. The van der Waals surface area contributed by atoms with Crippen LogP contribution in [-0.4, -0.2) is 26.2 Å². The number of rotatable bonds is 10. The maximum absolute atomic E-state index is 14.5. The van der Waals surface area contributed by atoms with Gasteiger partial charge in [-0.15, -0.1) is 0 Å². The number of hydrogen-bond donors (Lipinski definition) is 0. The van der Waals surface area contributed by atoms with Crippen LogP contribution in [0, 0.1) is 0 Å². The van der Waals surface area contributed by atoms with Gasteiger partial charge in [-0.2, -0.15) is 14.2 Å². The Balaban J connectivity index is 0.00000130. The van der Waals surface area contributed by atoms with Crippen LogP contribution >= 0.6 is 0 Å². The van der Waals surface area contributed by atoms with E-state index in [2.05, 4.69) is 0 Å². The molecule has 0 aromatic heterocycles. The van der Waals surface area contributed by atoms with E-state index >= 15 is 0 Å². The van der Waals surface area contributed by atoms with Crippen molar-refractivity contribution in [1.29, 1.82) is 0 Å². The van der Waals surface area contributed by atoms with Crippen molar-refractivity contribution in [2.45, 2.75) is 10.8 Å². The zero-order chi connectivity index (χ0) is 35.0. The Kier molecular flexibility index (Phi) is 13.8. The van der Waals surface area contributed by atoms with E-state index < -0.39 is 42.7 Å². The third-order valence-electron chi connectivity index (χ3n) is 8.12. The van der Waals surface area contributed by atoms with Crippen molar-refractivity contribution < 1.29 is 46.4 Å². The van der Waals surface area contributed by atoms with Crippen molar-refractivity contribution in [2.75, 3.05) is 14.2 Å². The Morgan fingerprint density at radius 1 is 0.367 bits per heavy atom. The van der Waals surface area contributed by atoms with Crippen molar-refractivity contribution in [3.05, 3.63) is 215 Å². The predicted octanol–water partition coefficient (Wildman–Crippen LogP) is 6.01. The average Bonchev–Trinajstić information content (AvgIpc) is 3.20. The second-order valence-corrected chi connectivity index (χ2v) is 11.5. The van der Waals surface area contributed by atoms with Gasteiger partial charge in [0, 0.05) is 0 Å². The van der Waals surface area contributed by atoms with Crippen molar-refractivity contribution in [1.82, 2.24) is 0 Å². The minimum atomic E-state index is -2.01. The molecule has 0 aliphatic heterocycles. The van der Waals surface area contributed by atoms with Crippen LogP contribution in [0.4, 0.5) is 0 Å². The molecule has 0 saturated heterocycles. The van der Waals surface area contributed by atoms with E-state index in [9.17, 15) is 9.59 Å². The molecular weight excluding hydrogens is 648 g/mol. The van der Waals surface area contributed by atoms with Crippen LogP contribution in [0.5, 0.6) is 0 Å². The zero-order valence-electron chi connectivity index (χ0n) is 27.3. The maximum atomic E-state index is 14.5. The van der Waals surface area contributed by atoms with Gasteiger partial charge in [-0.3, -0.25) is 0 Å². The van der Waals surface area contributed by atoms with E-state index in [0.29, 0.717) is 0 Å². The van der Waals surface area contributed by atoms with Crippen molar-refractivity contribution in [2.24, 2.45) is 0 Å². The monoisotopic (exact) mass is 684 g/mol. The van der Waals surface area contributed by atoms with E-state index in [4.69, 9.17) is 16.8 Å². The summed E-state index contributed by atoms with van der Waals surface area (Å²) in [5, 5.41) is 16.5. The van der Waals surface area contributed by atoms with Gasteiger partial charge < -0.3 is 10.2 Å². The molecule has 0 atom stereocenters. The second kappa shape index (κ2) is 18.4. The normalized spacial score (nSPS) is 10.5.